The minimum Gasteiger partial charge on any atom is -0.466 e. The molecule has 2 heteroatoms. The second-order valence-electron chi connectivity index (χ2n) is 4.05. The molecule has 0 aromatic carbocycles. The highest BCUT2D eigenvalue weighted by Crippen LogP contribution is 2.06. The molecule has 0 aromatic rings. The zero-order chi connectivity index (χ0) is 12.1. The van der Waals surface area contributed by atoms with Gasteiger partial charge in [-0.2, -0.15) is 0 Å². The van der Waals surface area contributed by atoms with E-state index in [9.17, 15) is 4.79 Å². The molecule has 0 aliphatic carbocycles. The van der Waals surface area contributed by atoms with E-state index in [-0.39, 0.29) is 5.97 Å². The van der Waals surface area contributed by atoms with Crippen LogP contribution in [0.4, 0.5) is 0 Å². The standard InChI is InChI=1S/C14H24O2/c1-3-5-7-9-10-12-14(15)16-13-11-8-6-4-2/h2H,3,5-13H2,1H3. The first kappa shape index (κ1) is 15.0. The molecule has 2 nitrogen and oxygen atoms in total. The molecule has 0 fully saturated rings. The maximum atomic E-state index is 11.2. The van der Waals surface area contributed by atoms with Crippen molar-refractivity contribution in [1.82, 2.24) is 0 Å². The summed E-state index contributed by atoms with van der Waals surface area (Å²) in [6.45, 7) is 2.71. The lowest BCUT2D eigenvalue weighted by atomic mass is 10.1. The van der Waals surface area contributed by atoms with Gasteiger partial charge in [0.05, 0.1) is 6.61 Å². The SMILES string of the molecule is C#CCCCCOC(=O)CCCCCCC. The van der Waals surface area contributed by atoms with Crippen LogP contribution in [0.3, 0.4) is 0 Å². The Hall–Kier alpha value is -0.970. The molecular weight excluding hydrogens is 200 g/mol. The van der Waals surface area contributed by atoms with Gasteiger partial charge >= 0.3 is 5.97 Å². The van der Waals surface area contributed by atoms with Crippen molar-refractivity contribution in [2.75, 3.05) is 6.61 Å². The smallest absolute Gasteiger partial charge is 0.305 e. The molecule has 0 saturated heterocycles. The summed E-state index contributed by atoms with van der Waals surface area (Å²) in [5.41, 5.74) is 0. The summed E-state index contributed by atoms with van der Waals surface area (Å²) in [5.74, 6) is 2.51. The van der Waals surface area contributed by atoms with E-state index < -0.39 is 0 Å². The molecule has 16 heavy (non-hydrogen) atoms. The van der Waals surface area contributed by atoms with Crippen LogP contribution < -0.4 is 0 Å². The van der Waals surface area contributed by atoms with Crippen LogP contribution in [0.1, 0.15) is 64.7 Å². The number of ether oxygens (including phenoxy) is 1. The lowest BCUT2D eigenvalue weighted by molar-refractivity contribution is -0.143. The first-order chi connectivity index (χ1) is 7.81. The van der Waals surface area contributed by atoms with Crippen LogP contribution in [-0.2, 0) is 9.53 Å². The molecule has 0 N–H and O–H groups in total. The van der Waals surface area contributed by atoms with Gasteiger partial charge < -0.3 is 4.74 Å². The Balaban J connectivity index is 3.16. The molecule has 0 rings (SSSR count). The number of hydrogen-bond donors (Lipinski definition) is 0. The highest BCUT2D eigenvalue weighted by molar-refractivity contribution is 5.69. The molecule has 0 saturated carbocycles. The van der Waals surface area contributed by atoms with E-state index in [1.54, 1.807) is 0 Å². The average molecular weight is 224 g/mol. The van der Waals surface area contributed by atoms with Gasteiger partial charge in [-0.15, -0.1) is 12.3 Å². The third-order valence-electron chi connectivity index (χ3n) is 2.46. The van der Waals surface area contributed by atoms with Crippen LogP contribution in [0.5, 0.6) is 0 Å². The molecule has 0 spiro atoms. The number of terminal acetylenes is 1. The van der Waals surface area contributed by atoms with Crippen molar-refractivity contribution in [3.05, 3.63) is 0 Å². The number of hydrogen-bond acceptors (Lipinski definition) is 2. The third-order valence-corrected chi connectivity index (χ3v) is 2.46. The normalized spacial score (nSPS) is 9.75. The van der Waals surface area contributed by atoms with Gasteiger partial charge in [-0.1, -0.05) is 32.6 Å². The Bertz CT molecular complexity index is 203. The lowest BCUT2D eigenvalue weighted by Crippen LogP contribution is -2.05. The van der Waals surface area contributed by atoms with Crippen molar-refractivity contribution in [2.45, 2.75) is 64.7 Å². The largest absolute Gasteiger partial charge is 0.466 e. The molecule has 0 radical (unpaired) electrons. The molecule has 0 amide bonds. The van der Waals surface area contributed by atoms with Crippen LogP contribution in [0.15, 0.2) is 0 Å². The predicted molar refractivity (Wildman–Crippen MR) is 67.0 cm³/mol. The minimum atomic E-state index is -0.0581. The second kappa shape index (κ2) is 12.1. The van der Waals surface area contributed by atoms with Gasteiger partial charge in [0.1, 0.15) is 0 Å². The van der Waals surface area contributed by atoms with Gasteiger partial charge in [0.25, 0.3) is 0 Å². The van der Waals surface area contributed by atoms with Crippen LogP contribution in [0.2, 0.25) is 0 Å². The van der Waals surface area contributed by atoms with Gasteiger partial charge in [-0.25, -0.2) is 0 Å². The topological polar surface area (TPSA) is 26.3 Å². The van der Waals surface area contributed by atoms with Crippen molar-refractivity contribution >= 4 is 5.97 Å². The van der Waals surface area contributed by atoms with E-state index in [1.165, 1.54) is 19.3 Å². The Labute approximate surface area is 99.8 Å². The van der Waals surface area contributed by atoms with E-state index in [4.69, 9.17) is 11.2 Å². The average Bonchev–Trinajstić information content (AvgIpc) is 2.28. The number of unbranched alkanes of at least 4 members (excludes halogenated alkanes) is 6. The maximum absolute atomic E-state index is 11.2. The van der Waals surface area contributed by atoms with Crippen LogP contribution >= 0.6 is 0 Å². The highest BCUT2D eigenvalue weighted by atomic mass is 16.5. The second-order valence-corrected chi connectivity index (χ2v) is 4.05. The summed E-state index contributed by atoms with van der Waals surface area (Å²) in [7, 11) is 0. The van der Waals surface area contributed by atoms with Crippen LogP contribution in [-0.4, -0.2) is 12.6 Å². The summed E-state index contributed by atoms with van der Waals surface area (Å²) >= 11 is 0. The first-order valence-corrected chi connectivity index (χ1v) is 6.40. The van der Waals surface area contributed by atoms with Gasteiger partial charge in [0, 0.05) is 12.8 Å². The zero-order valence-electron chi connectivity index (χ0n) is 10.5. The Morgan fingerprint density at radius 3 is 2.56 bits per heavy atom. The summed E-state index contributed by atoms with van der Waals surface area (Å²) in [4.78, 5) is 11.2. The molecule has 92 valence electrons. The van der Waals surface area contributed by atoms with Crippen LogP contribution in [0, 0.1) is 12.3 Å². The molecule has 0 aromatic heterocycles. The molecule has 0 aliphatic heterocycles. The molecule has 0 heterocycles. The van der Waals surface area contributed by atoms with E-state index in [0.29, 0.717) is 13.0 Å². The lowest BCUT2D eigenvalue weighted by Gasteiger charge is -2.03. The zero-order valence-corrected chi connectivity index (χ0v) is 10.5. The van der Waals surface area contributed by atoms with Crippen molar-refractivity contribution in [3.63, 3.8) is 0 Å². The third kappa shape index (κ3) is 11.1. The molecule has 0 atom stereocenters. The minimum absolute atomic E-state index is 0.0581. The van der Waals surface area contributed by atoms with Crippen molar-refractivity contribution < 1.29 is 9.53 Å². The number of carbonyl (C=O) groups excluding carboxylic acids is 1. The predicted octanol–water partition coefficient (Wildman–Crippen LogP) is 3.69. The van der Waals surface area contributed by atoms with Gasteiger partial charge in [-0.05, 0) is 19.3 Å². The maximum Gasteiger partial charge on any atom is 0.305 e. The van der Waals surface area contributed by atoms with Gasteiger partial charge in [0.15, 0.2) is 0 Å². The van der Waals surface area contributed by atoms with Crippen molar-refractivity contribution in [3.8, 4) is 12.3 Å². The fraction of sp³-hybridized carbons (Fsp3) is 0.786. The molecular formula is C14H24O2. The number of esters is 1. The van der Waals surface area contributed by atoms with Gasteiger partial charge in [-0.3, -0.25) is 4.79 Å². The summed E-state index contributed by atoms with van der Waals surface area (Å²) in [5, 5.41) is 0. The van der Waals surface area contributed by atoms with E-state index in [0.717, 1.165) is 32.1 Å². The van der Waals surface area contributed by atoms with E-state index >= 15 is 0 Å². The Kier molecular flexibility index (Phi) is 11.4. The van der Waals surface area contributed by atoms with E-state index in [2.05, 4.69) is 12.8 Å². The molecule has 0 aliphatic rings. The number of rotatable bonds is 10. The summed E-state index contributed by atoms with van der Waals surface area (Å²) in [6, 6.07) is 0. The van der Waals surface area contributed by atoms with Crippen molar-refractivity contribution in [1.29, 1.82) is 0 Å². The monoisotopic (exact) mass is 224 g/mol. The van der Waals surface area contributed by atoms with Gasteiger partial charge in [0.2, 0.25) is 0 Å². The first-order valence-electron chi connectivity index (χ1n) is 6.40. The van der Waals surface area contributed by atoms with Crippen molar-refractivity contribution in [2.24, 2.45) is 0 Å². The Morgan fingerprint density at radius 1 is 1.12 bits per heavy atom. The quantitative estimate of drug-likeness (QED) is 0.321. The Morgan fingerprint density at radius 2 is 1.88 bits per heavy atom. The summed E-state index contributed by atoms with van der Waals surface area (Å²) < 4.78 is 5.09. The molecule has 0 unspecified atom stereocenters. The fourth-order valence-electron chi connectivity index (χ4n) is 1.46. The number of carbonyl (C=O) groups is 1. The highest BCUT2D eigenvalue weighted by Gasteiger charge is 2.01. The molecule has 0 bridgehead atoms. The van der Waals surface area contributed by atoms with Crippen LogP contribution in [0.25, 0.3) is 0 Å². The fourth-order valence-corrected chi connectivity index (χ4v) is 1.46. The summed E-state index contributed by atoms with van der Waals surface area (Å²) in [6.07, 6.45) is 14.1. The van der Waals surface area contributed by atoms with E-state index in [1.807, 2.05) is 0 Å².